The zero-order valence-electron chi connectivity index (χ0n) is 16.0. The van der Waals surface area contributed by atoms with Gasteiger partial charge in [-0.3, -0.25) is 4.79 Å². The Morgan fingerprint density at radius 3 is 2.38 bits per heavy atom. The van der Waals surface area contributed by atoms with E-state index in [2.05, 4.69) is 4.57 Å². The van der Waals surface area contributed by atoms with E-state index in [1.165, 1.54) is 6.07 Å². The molecule has 26 heavy (non-hydrogen) atoms. The molecule has 0 saturated carbocycles. The molecule has 0 fully saturated rings. The molecule has 3 aromatic rings. The van der Waals surface area contributed by atoms with Crippen LogP contribution in [0.25, 0.3) is 16.6 Å². The topological polar surface area (TPSA) is 42.2 Å². The van der Waals surface area contributed by atoms with Crippen molar-refractivity contribution in [2.24, 2.45) is 0 Å². The van der Waals surface area contributed by atoms with E-state index in [9.17, 15) is 14.3 Å². The summed E-state index contributed by atoms with van der Waals surface area (Å²) in [7, 11) is 0. The van der Waals surface area contributed by atoms with Crippen molar-refractivity contribution < 1.29 is 14.3 Å². The van der Waals surface area contributed by atoms with Crippen molar-refractivity contribution in [2.75, 3.05) is 0 Å². The number of hydrogen-bond donors (Lipinski definition) is 1. The number of carboxylic acids is 1. The number of nitrogens with zero attached hydrogens (tertiary/aromatic N) is 1. The van der Waals surface area contributed by atoms with Gasteiger partial charge in [0.25, 0.3) is 0 Å². The predicted octanol–water partition coefficient (Wildman–Crippen LogP) is 5.85. The van der Waals surface area contributed by atoms with Crippen molar-refractivity contribution >= 4 is 16.9 Å². The number of aliphatic carboxylic acids is 1. The fourth-order valence-electron chi connectivity index (χ4n) is 3.32. The van der Waals surface area contributed by atoms with Crippen LogP contribution in [0.3, 0.4) is 0 Å². The van der Waals surface area contributed by atoms with Gasteiger partial charge in [0.15, 0.2) is 0 Å². The quantitative estimate of drug-likeness (QED) is 0.637. The van der Waals surface area contributed by atoms with Crippen molar-refractivity contribution in [2.45, 2.75) is 47.0 Å². The van der Waals surface area contributed by atoms with Crippen molar-refractivity contribution in [3.05, 3.63) is 65.1 Å². The lowest BCUT2D eigenvalue weighted by atomic mass is 10.0. The summed E-state index contributed by atoms with van der Waals surface area (Å²) in [4.78, 5) is 11.4. The SMILES string of the molecule is CC.Cc1cc(-n2c(C(C)C)c(CC(=O)O)c3ccccc32)ccc1F. The third-order valence-corrected chi connectivity index (χ3v) is 4.29. The number of hydrogen-bond acceptors (Lipinski definition) is 1. The molecule has 1 N–H and O–H groups in total. The van der Waals surface area contributed by atoms with Gasteiger partial charge < -0.3 is 9.67 Å². The monoisotopic (exact) mass is 355 g/mol. The molecule has 0 atom stereocenters. The zero-order valence-corrected chi connectivity index (χ0v) is 16.0. The molecule has 1 heterocycles. The normalized spacial score (nSPS) is 10.7. The van der Waals surface area contributed by atoms with Crippen LogP contribution < -0.4 is 0 Å². The zero-order chi connectivity index (χ0) is 19.4. The highest BCUT2D eigenvalue weighted by molar-refractivity contribution is 5.90. The number of halogens is 1. The third-order valence-electron chi connectivity index (χ3n) is 4.29. The minimum absolute atomic E-state index is 0.0266. The number of carboxylic acid groups (broad SMARTS) is 1. The second kappa shape index (κ2) is 8.17. The fraction of sp³-hybridized carbons (Fsp3) is 0.318. The van der Waals surface area contributed by atoms with E-state index in [1.54, 1.807) is 19.1 Å². The Bertz CT molecular complexity index is 925. The minimum atomic E-state index is -0.852. The van der Waals surface area contributed by atoms with E-state index in [0.717, 1.165) is 27.8 Å². The maximum absolute atomic E-state index is 13.7. The molecule has 3 nitrogen and oxygen atoms in total. The van der Waals surface area contributed by atoms with E-state index in [0.29, 0.717) is 5.56 Å². The Morgan fingerprint density at radius 2 is 1.81 bits per heavy atom. The summed E-state index contributed by atoms with van der Waals surface area (Å²) in [5.74, 6) is -0.959. The van der Waals surface area contributed by atoms with Crippen molar-refractivity contribution in [3.8, 4) is 5.69 Å². The highest BCUT2D eigenvalue weighted by Crippen LogP contribution is 2.34. The maximum atomic E-state index is 13.7. The van der Waals surface area contributed by atoms with Crippen LogP contribution in [-0.4, -0.2) is 15.6 Å². The van der Waals surface area contributed by atoms with Gasteiger partial charge in [-0.05, 0) is 48.2 Å². The molecule has 0 aliphatic heterocycles. The molecule has 0 aliphatic rings. The molecule has 138 valence electrons. The summed E-state index contributed by atoms with van der Waals surface area (Å²) in [6.45, 7) is 9.83. The van der Waals surface area contributed by atoms with E-state index in [-0.39, 0.29) is 18.2 Å². The van der Waals surface area contributed by atoms with Gasteiger partial charge in [-0.25, -0.2) is 4.39 Å². The van der Waals surface area contributed by atoms with Crippen LogP contribution in [0.1, 0.15) is 50.4 Å². The standard InChI is InChI=1S/C20H20FNO2.C2H6/c1-12(2)20-16(11-19(23)24)15-6-4-5-7-18(15)22(20)14-8-9-17(21)13(3)10-14;1-2/h4-10,12H,11H2,1-3H3,(H,23,24);1-2H3. The molecule has 0 unspecified atom stereocenters. The van der Waals surface area contributed by atoms with Crippen molar-refractivity contribution in [1.82, 2.24) is 4.57 Å². The van der Waals surface area contributed by atoms with Gasteiger partial charge in [0, 0.05) is 16.8 Å². The number of aromatic nitrogens is 1. The van der Waals surface area contributed by atoms with Gasteiger partial charge in [0.05, 0.1) is 11.9 Å². The number of carbonyl (C=O) groups is 1. The molecule has 4 heteroatoms. The average Bonchev–Trinajstić information content (AvgIpc) is 2.93. The summed E-state index contributed by atoms with van der Waals surface area (Å²) in [5, 5.41) is 10.3. The first-order valence-electron chi connectivity index (χ1n) is 9.00. The Balaban J connectivity index is 0.00000117. The fourth-order valence-corrected chi connectivity index (χ4v) is 3.32. The molecule has 0 aliphatic carbocycles. The van der Waals surface area contributed by atoms with Crippen LogP contribution in [0.2, 0.25) is 0 Å². The Morgan fingerprint density at radius 1 is 1.15 bits per heavy atom. The van der Waals surface area contributed by atoms with Gasteiger partial charge >= 0.3 is 5.97 Å². The maximum Gasteiger partial charge on any atom is 0.307 e. The molecule has 0 amide bonds. The molecule has 0 radical (unpaired) electrons. The minimum Gasteiger partial charge on any atom is -0.481 e. The van der Waals surface area contributed by atoms with E-state index >= 15 is 0 Å². The summed E-state index contributed by atoms with van der Waals surface area (Å²) in [5.41, 5.74) is 4.16. The van der Waals surface area contributed by atoms with Crippen LogP contribution in [0, 0.1) is 12.7 Å². The Labute approximate surface area is 154 Å². The van der Waals surface area contributed by atoms with Crippen LogP contribution in [-0.2, 0) is 11.2 Å². The summed E-state index contributed by atoms with van der Waals surface area (Å²) in [6, 6.07) is 12.8. The van der Waals surface area contributed by atoms with Crippen molar-refractivity contribution in [1.29, 1.82) is 0 Å². The smallest absolute Gasteiger partial charge is 0.307 e. The van der Waals surface area contributed by atoms with E-state index < -0.39 is 5.97 Å². The van der Waals surface area contributed by atoms with Crippen LogP contribution in [0.4, 0.5) is 4.39 Å². The van der Waals surface area contributed by atoms with Crippen LogP contribution >= 0.6 is 0 Å². The first kappa shape index (κ1) is 19.7. The molecule has 3 rings (SSSR count). The second-order valence-electron chi connectivity index (χ2n) is 6.38. The highest BCUT2D eigenvalue weighted by atomic mass is 19.1. The van der Waals surface area contributed by atoms with Crippen LogP contribution in [0.15, 0.2) is 42.5 Å². The highest BCUT2D eigenvalue weighted by Gasteiger charge is 2.22. The predicted molar refractivity (Wildman–Crippen MR) is 105 cm³/mol. The first-order valence-corrected chi connectivity index (χ1v) is 9.00. The molecule has 0 spiro atoms. The number of para-hydroxylation sites is 1. The average molecular weight is 355 g/mol. The lowest BCUT2D eigenvalue weighted by Crippen LogP contribution is -2.08. The van der Waals surface area contributed by atoms with Gasteiger partial charge in [-0.2, -0.15) is 0 Å². The summed E-state index contributed by atoms with van der Waals surface area (Å²) in [6.07, 6.45) is -0.0266. The summed E-state index contributed by atoms with van der Waals surface area (Å²) < 4.78 is 15.7. The molecule has 2 aromatic carbocycles. The van der Waals surface area contributed by atoms with Crippen molar-refractivity contribution in [3.63, 3.8) is 0 Å². The van der Waals surface area contributed by atoms with E-state index in [4.69, 9.17) is 0 Å². The first-order chi connectivity index (χ1) is 12.4. The number of benzene rings is 2. The van der Waals surface area contributed by atoms with Crippen LogP contribution in [0.5, 0.6) is 0 Å². The van der Waals surface area contributed by atoms with Gasteiger partial charge in [-0.15, -0.1) is 0 Å². The lowest BCUT2D eigenvalue weighted by Gasteiger charge is -2.16. The lowest BCUT2D eigenvalue weighted by molar-refractivity contribution is -0.136. The van der Waals surface area contributed by atoms with E-state index in [1.807, 2.05) is 52.0 Å². The number of rotatable bonds is 4. The number of fused-ring (bicyclic) bond motifs is 1. The summed E-state index contributed by atoms with van der Waals surface area (Å²) >= 11 is 0. The number of aryl methyl sites for hydroxylation is 1. The Kier molecular flexibility index (Phi) is 6.19. The molecule has 1 aromatic heterocycles. The Hall–Kier alpha value is -2.62. The third kappa shape index (κ3) is 3.64. The van der Waals surface area contributed by atoms with Gasteiger partial charge in [0.1, 0.15) is 5.82 Å². The molecule has 0 bridgehead atoms. The second-order valence-corrected chi connectivity index (χ2v) is 6.38. The van der Waals surface area contributed by atoms with Gasteiger partial charge in [-0.1, -0.05) is 45.9 Å². The molecule has 0 saturated heterocycles. The largest absolute Gasteiger partial charge is 0.481 e. The molecular weight excluding hydrogens is 329 g/mol. The van der Waals surface area contributed by atoms with Gasteiger partial charge in [0.2, 0.25) is 0 Å². The molecular formula is C22H26FNO2.